The number of carbonyl (C=O) groups excluding carboxylic acids is 1. The molecule has 0 unspecified atom stereocenters. The van der Waals surface area contributed by atoms with E-state index in [4.69, 9.17) is 12.6 Å². The first-order chi connectivity index (χ1) is 12.8. The summed E-state index contributed by atoms with van der Waals surface area (Å²) in [6, 6.07) is 12.3. The summed E-state index contributed by atoms with van der Waals surface area (Å²) in [7, 11) is 5.70. The number of hydrogen-bond acceptors (Lipinski definition) is 3. The zero-order valence-corrected chi connectivity index (χ0v) is 14.9. The number of carboxylic acids is 1. The molecule has 138 valence electrons. The van der Waals surface area contributed by atoms with Crippen LogP contribution >= 0.6 is 0 Å². The Morgan fingerprint density at radius 3 is 2.44 bits per heavy atom. The van der Waals surface area contributed by atoms with Crippen molar-refractivity contribution in [2.24, 2.45) is 0 Å². The number of amides is 1. The van der Waals surface area contributed by atoms with E-state index in [-0.39, 0.29) is 18.9 Å². The molecule has 1 amide bonds. The van der Waals surface area contributed by atoms with Crippen LogP contribution in [0.4, 0.5) is 9.18 Å². The first-order valence-electron chi connectivity index (χ1n) is 8.64. The summed E-state index contributed by atoms with van der Waals surface area (Å²) in [6.45, 7) is 2.18. The highest BCUT2D eigenvalue weighted by Gasteiger charge is 2.45. The van der Waals surface area contributed by atoms with E-state index in [2.05, 4.69) is 0 Å². The van der Waals surface area contributed by atoms with Crippen molar-refractivity contribution in [3.63, 3.8) is 0 Å². The number of halogens is 1. The number of rotatable bonds is 5. The molecule has 27 heavy (non-hydrogen) atoms. The molecule has 1 aliphatic rings. The van der Waals surface area contributed by atoms with Crippen molar-refractivity contribution in [2.75, 3.05) is 6.54 Å². The van der Waals surface area contributed by atoms with E-state index >= 15 is 0 Å². The lowest BCUT2D eigenvalue weighted by atomic mass is 9.85. The summed E-state index contributed by atoms with van der Waals surface area (Å²) in [6.07, 6.45) is -0.694. The first-order valence-corrected chi connectivity index (χ1v) is 8.64. The van der Waals surface area contributed by atoms with Gasteiger partial charge in [0.15, 0.2) is 5.60 Å². The van der Waals surface area contributed by atoms with Crippen molar-refractivity contribution < 1.29 is 23.8 Å². The molecule has 2 radical (unpaired) electrons. The Morgan fingerprint density at radius 1 is 1.26 bits per heavy atom. The lowest BCUT2D eigenvalue weighted by Gasteiger charge is -2.42. The van der Waals surface area contributed by atoms with Gasteiger partial charge in [-0.25, -0.2) is 9.18 Å². The molecule has 7 heteroatoms. The van der Waals surface area contributed by atoms with Gasteiger partial charge in [0.2, 0.25) is 0 Å². The van der Waals surface area contributed by atoms with Crippen LogP contribution in [0.2, 0.25) is 0 Å². The fourth-order valence-electron chi connectivity index (χ4n) is 3.40. The van der Waals surface area contributed by atoms with E-state index in [9.17, 15) is 19.1 Å². The maximum Gasteiger partial charge on any atom is 0.411 e. The maximum atomic E-state index is 13.3. The van der Waals surface area contributed by atoms with Crippen molar-refractivity contribution in [1.29, 1.82) is 0 Å². The molecule has 5 nitrogen and oxygen atoms in total. The van der Waals surface area contributed by atoms with E-state index < -0.39 is 23.5 Å². The lowest BCUT2D eigenvalue weighted by molar-refractivity contribution is -0.146. The fourth-order valence-corrected chi connectivity index (χ4v) is 3.40. The summed E-state index contributed by atoms with van der Waals surface area (Å²) < 4.78 is 18.9. The first kappa shape index (κ1) is 19.0. The van der Waals surface area contributed by atoms with Gasteiger partial charge in [-0.05, 0) is 30.2 Å². The van der Waals surface area contributed by atoms with Crippen LogP contribution in [0.5, 0.6) is 0 Å². The third-order valence-electron chi connectivity index (χ3n) is 4.97. The molecule has 0 aliphatic carbocycles. The molecule has 2 aromatic rings. The Labute approximate surface area is 158 Å². The van der Waals surface area contributed by atoms with E-state index in [1.807, 2.05) is 19.1 Å². The van der Waals surface area contributed by atoms with Gasteiger partial charge in [-0.15, -0.1) is 0 Å². The molecule has 1 aliphatic heterocycles. The lowest BCUT2D eigenvalue weighted by Crippen LogP contribution is -2.49. The molecule has 1 N–H and O–H groups in total. The van der Waals surface area contributed by atoms with Crippen molar-refractivity contribution in [1.82, 2.24) is 4.90 Å². The Kier molecular flexibility index (Phi) is 5.21. The van der Waals surface area contributed by atoms with Crippen molar-refractivity contribution in [3.8, 4) is 0 Å². The Hall–Kier alpha value is -2.83. The second-order valence-electron chi connectivity index (χ2n) is 6.73. The molecule has 0 spiro atoms. The Bertz CT molecular complexity index is 840. The van der Waals surface area contributed by atoms with Crippen LogP contribution in [0.15, 0.2) is 48.5 Å². The van der Waals surface area contributed by atoms with Crippen LogP contribution in [-0.4, -0.2) is 36.5 Å². The molecule has 0 bridgehead atoms. The smallest absolute Gasteiger partial charge is 0.411 e. The van der Waals surface area contributed by atoms with E-state index in [0.29, 0.717) is 17.6 Å². The van der Waals surface area contributed by atoms with Crippen molar-refractivity contribution >= 4 is 25.4 Å². The zero-order valence-electron chi connectivity index (χ0n) is 14.9. The minimum absolute atomic E-state index is 0.255. The molecule has 0 saturated carbocycles. The highest BCUT2D eigenvalue weighted by molar-refractivity contribution is 6.32. The number of ether oxygens (including phenoxy) is 1. The largest absolute Gasteiger partial charge is 0.481 e. The van der Waals surface area contributed by atoms with Gasteiger partial charge in [-0.1, -0.05) is 41.9 Å². The minimum Gasteiger partial charge on any atom is -0.481 e. The molecular weight excluding hydrogens is 348 g/mol. The van der Waals surface area contributed by atoms with Crippen LogP contribution in [0.25, 0.3) is 0 Å². The van der Waals surface area contributed by atoms with Crippen LogP contribution in [0.3, 0.4) is 0 Å². The predicted molar refractivity (Wildman–Crippen MR) is 98.4 cm³/mol. The summed E-state index contributed by atoms with van der Waals surface area (Å²) in [4.78, 5) is 25.7. The minimum atomic E-state index is -1.31. The topological polar surface area (TPSA) is 66.8 Å². The summed E-state index contributed by atoms with van der Waals surface area (Å²) in [5.41, 5.74) is 0.686. The second kappa shape index (κ2) is 7.43. The normalized spacial score (nSPS) is 20.8. The second-order valence-corrected chi connectivity index (χ2v) is 6.73. The SMILES string of the molecule is [B]c1ccc([C@H](C)N2CC[C@](CC(=O)O)(c3ccc(F)cc3)OC2=O)cc1. The van der Waals surface area contributed by atoms with Gasteiger partial charge in [0.05, 0.1) is 12.5 Å². The van der Waals surface area contributed by atoms with Gasteiger partial charge in [0.1, 0.15) is 13.7 Å². The highest BCUT2D eigenvalue weighted by Crippen LogP contribution is 2.39. The number of hydrogen-bond donors (Lipinski definition) is 1. The third kappa shape index (κ3) is 3.97. The number of benzene rings is 2. The van der Waals surface area contributed by atoms with Gasteiger partial charge in [0.25, 0.3) is 0 Å². The molecule has 1 heterocycles. The molecule has 2 aromatic carbocycles. The molecule has 0 aromatic heterocycles. The maximum absolute atomic E-state index is 13.3. The summed E-state index contributed by atoms with van der Waals surface area (Å²) in [5.74, 6) is -1.53. The van der Waals surface area contributed by atoms with E-state index in [0.717, 1.165) is 5.56 Å². The summed E-state index contributed by atoms with van der Waals surface area (Å²) in [5, 5.41) is 9.32. The Balaban J connectivity index is 1.85. The van der Waals surface area contributed by atoms with E-state index in [1.54, 1.807) is 17.0 Å². The van der Waals surface area contributed by atoms with Gasteiger partial charge >= 0.3 is 12.1 Å². The molecule has 1 saturated heterocycles. The Morgan fingerprint density at radius 2 is 1.89 bits per heavy atom. The number of cyclic esters (lactones) is 1. The predicted octanol–water partition coefficient (Wildman–Crippen LogP) is 2.89. The summed E-state index contributed by atoms with van der Waals surface area (Å²) >= 11 is 0. The quantitative estimate of drug-likeness (QED) is 0.826. The van der Waals surface area contributed by atoms with Gasteiger partial charge < -0.3 is 14.7 Å². The van der Waals surface area contributed by atoms with Gasteiger partial charge in [0, 0.05) is 13.0 Å². The number of nitrogens with zero attached hydrogens (tertiary/aromatic N) is 1. The van der Waals surface area contributed by atoms with E-state index in [1.165, 1.54) is 24.3 Å². The molecule has 1 fully saturated rings. The van der Waals surface area contributed by atoms with Gasteiger partial charge in [-0.3, -0.25) is 4.79 Å². The highest BCUT2D eigenvalue weighted by atomic mass is 19.1. The van der Waals surface area contributed by atoms with Crippen molar-refractivity contribution in [3.05, 3.63) is 65.5 Å². The monoisotopic (exact) mass is 367 g/mol. The fraction of sp³-hybridized carbons (Fsp3) is 0.300. The molecular formula is C20H19BFNO4. The third-order valence-corrected chi connectivity index (χ3v) is 4.97. The van der Waals surface area contributed by atoms with Gasteiger partial charge in [-0.2, -0.15) is 0 Å². The average Bonchev–Trinajstić information content (AvgIpc) is 2.62. The molecule has 3 rings (SSSR count). The number of carbonyl (C=O) groups is 2. The number of aliphatic carboxylic acids is 1. The van der Waals surface area contributed by atoms with Crippen LogP contribution in [0, 0.1) is 5.82 Å². The van der Waals surface area contributed by atoms with Crippen LogP contribution in [-0.2, 0) is 15.1 Å². The molecule has 2 atom stereocenters. The number of carboxylic acid groups (broad SMARTS) is 1. The standard InChI is InChI=1S/C20H19BFNO4/c1-13(14-2-6-16(21)7-3-14)23-11-10-20(12-18(24)25,27-19(23)26)15-4-8-17(22)9-5-15/h2-9,13H,10-12H2,1H3,(H,24,25)/t13-,20-/m0/s1. The zero-order chi connectivity index (χ0) is 19.6. The average molecular weight is 367 g/mol. The van der Waals surface area contributed by atoms with Crippen molar-refractivity contribution in [2.45, 2.75) is 31.4 Å². The van der Waals surface area contributed by atoms with Crippen LogP contribution in [0.1, 0.15) is 36.9 Å². The van der Waals surface area contributed by atoms with Crippen LogP contribution < -0.4 is 5.46 Å².